The van der Waals surface area contributed by atoms with E-state index in [2.05, 4.69) is 9.97 Å². The Hall–Kier alpha value is -1.07. The highest BCUT2D eigenvalue weighted by Crippen LogP contribution is 2.24. The average Bonchev–Trinajstić information content (AvgIpc) is 2.26. The monoisotopic (exact) mass is 243 g/mol. The number of anilines is 1. The zero-order valence-electron chi connectivity index (χ0n) is 8.98. The van der Waals surface area contributed by atoms with E-state index in [9.17, 15) is 9.90 Å². The van der Waals surface area contributed by atoms with Crippen LogP contribution in [0.25, 0.3) is 0 Å². The van der Waals surface area contributed by atoms with Gasteiger partial charge in [0.25, 0.3) is 5.56 Å². The second-order valence-corrected chi connectivity index (χ2v) is 4.53. The third-order valence-electron chi connectivity index (χ3n) is 2.94. The smallest absolute Gasteiger partial charge is 0.271 e. The molecule has 1 aliphatic heterocycles. The summed E-state index contributed by atoms with van der Waals surface area (Å²) in [4.78, 5) is 19.8. The summed E-state index contributed by atoms with van der Waals surface area (Å²) in [7, 11) is 0. The van der Waals surface area contributed by atoms with Crippen LogP contribution in [0.3, 0.4) is 0 Å². The molecule has 6 heteroatoms. The van der Waals surface area contributed by atoms with Gasteiger partial charge in [0.05, 0.1) is 12.4 Å². The van der Waals surface area contributed by atoms with Gasteiger partial charge in [0.15, 0.2) is 5.82 Å². The number of aromatic nitrogens is 2. The number of aromatic amines is 1. The molecule has 1 saturated heterocycles. The van der Waals surface area contributed by atoms with Crippen LogP contribution >= 0.6 is 11.6 Å². The quantitative estimate of drug-likeness (QED) is 0.759. The highest BCUT2D eigenvalue weighted by atomic mass is 35.5. The molecule has 0 bridgehead atoms. The van der Waals surface area contributed by atoms with Gasteiger partial charge in [-0.05, 0) is 12.3 Å². The highest BCUT2D eigenvalue weighted by Gasteiger charge is 2.26. The van der Waals surface area contributed by atoms with Gasteiger partial charge in [0.2, 0.25) is 0 Å². The molecule has 2 unspecified atom stereocenters. The van der Waals surface area contributed by atoms with Crippen molar-refractivity contribution in [3.8, 4) is 0 Å². The summed E-state index contributed by atoms with van der Waals surface area (Å²) in [5.74, 6) is 0.662. The van der Waals surface area contributed by atoms with Gasteiger partial charge in [-0.1, -0.05) is 18.5 Å². The Morgan fingerprint density at radius 1 is 1.69 bits per heavy atom. The van der Waals surface area contributed by atoms with Gasteiger partial charge in [-0.2, -0.15) is 0 Å². The molecule has 2 atom stereocenters. The summed E-state index contributed by atoms with van der Waals surface area (Å²) < 4.78 is 0. The number of aliphatic hydroxyl groups excluding tert-OH is 1. The van der Waals surface area contributed by atoms with Gasteiger partial charge in [-0.25, -0.2) is 4.98 Å². The number of piperidine rings is 1. The maximum Gasteiger partial charge on any atom is 0.271 e. The standard InChI is InChI=1S/C10H14ClN3O2/c1-6-4-14(3-2-7(6)15)9-8(11)10(16)13-5-12-9/h5-7,15H,2-4H2,1H3,(H,12,13,16). The van der Waals surface area contributed by atoms with Crippen LogP contribution in [0.5, 0.6) is 0 Å². The van der Waals surface area contributed by atoms with E-state index >= 15 is 0 Å². The van der Waals surface area contributed by atoms with Crippen molar-refractivity contribution in [2.45, 2.75) is 19.4 Å². The maximum atomic E-state index is 11.3. The first-order chi connectivity index (χ1) is 7.59. The minimum Gasteiger partial charge on any atom is -0.393 e. The minimum atomic E-state index is -0.328. The summed E-state index contributed by atoms with van der Waals surface area (Å²) in [5, 5.41) is 9.74. The summed E-state index contributed by atoms with van der Waals surface area (Å²) in [5.41, 5.74) is -0.328. The number of rotatable bonds is 1. The molecule has 5 nitrogen and oxygen atoms in total. The maximum absolute atomic E-state index is 11.3. The molecule has 0 saturated carbocycles. The van der Waals surface area contributed by atoms with E-state index in [-0.39, 0.29) is 22.6 Å². The van der Waals surface area contributed by atoms with Crippen molar-refractivity contribution in [3.05, 3.63) is 21.7 Å². The molecule has 0 spiro atoms. The molecule has 1 aliphatic rings. The minimum absolute atomic E-state index is 0.117. The molecule has 1 aromatic rings. The number of nitrogens with zero attached hydrogens (tertiary/aromatic N) is 2. The van der Waals surface area contributed by atoms with Gasteiger partial charge in [0, 0.05) is 13.1 Å². The first-order valence-corrected chi connectivity index (χ1v) is 5.63. The van der Waals surface area contributed by atoms with Gasteiger partial charge in [-0.15, -0.1) is 0 Å². The number of hydrogen-bond acceptors (Lipinski definition) is 4. The summed E-state index contributed by atoms with van der Waals surface area (Å²) in [6.07, 6.45) is 1.74. The molecule has 0 aromatic carbocycles. The molecule has 2 rings (SSSR count). The van der Waals surface area contributed by atoms with Crippen LogP contribution in [0.15, 0.2) is 11.1 Å². The zero-order chi connectivity index (χ0) is 11.7. The molecule has 1 aromatic heterocycles. The van der Waals surface area contributed by atoms with Crippen molar-refractivity contribution in [2.24, 2.45) is 5.92 Å². The normalized spacial score (nSPS) is 25.8. The van der Waals surface area contributed by atoms with Crippen LogP contribution in [-0.2, 0) is 0 Å². The molecule has 88 valence electrons. The van der Waals surface area contributed by atoms with Crippen LogP contribution in [0.1, 0.15) is 13.3 Å². The number of halogens is 1. The van der Waals surface area contributed by atoms with E-state index in [1.165, 1.54) is 6.33 Å². The van der Waals surface area contributed by atoms with Crippen LogP contribution < -0.4 is 10.5 Å². The first-order valence-electron chi connectivity index (χ1n) is 5.26. The van der Waals surface area contributed by atoms with E-state index in [1.807, 2.05) is 11.8 Å². The second kappa shape index (κ2) is 4.43. The molecule has 0 aliphatic carbocycles. The number of aliphatic hydroxyl groups is 1. The van der Waals surface area contributed by atoms with Gasteiger partial charge < -0.3 is 15.0 Å². The molecular formula is C10H14ClN3O2. The fourth-order valence-electron chi connectivity index (χ4n) is 1.92. The Morgan fingerprint density at radius 3 is 3.12 bits per heavy atom. The Bertz CT molecular complexity index is 434. The first kappa shape index (κ1) is 11.4. The van der Waals surface area contributed by atoms with Crippen molar-refractivity contribution in [3.63, 3.8) is 0 Å². The summed E-state index contributed by atoms with van der Waals surface area (Å²) in [6.45, 7) is 3.30. The van der Waals surface area contributed by atoms with E-state index in [0.29, 0.717) is 25.3 Å². The van der Waals surface area contributed by atoms with Crippen molar-refractivity contribution in [1.29, 1.82) is 0 Å². The second-order valence-electron chi connectivity index (χ2n) is 4.15. The summed E-state index contributed by atoms with van der Waals surface area (Å²) in [6, 6.07) is 0. The highest BCUT2D eigenvalue weighted by molar-refractivity contribution is 6.32. The van der Waals surface area contributed by atoms with E-state index in [0.717, 1.165) is 0 Å². The Kier molecular flexibility index (Phi) is 3.16. The lowest BCUT2D eigenvalue weighted by Crippen LogP contribution is -2.42. The Labute approximate surface area is 98.1 Å². The molecule has 16 heavy (non-hydrogen) atoms. The van der Waals surface area contributed by atoms with E-state index in [1.54, 1.807) is 0 Å². The van der Waals surface area contributed by atoms with Gasteiger partial charge >= 0.3 is 0 Å². The van der Waals surface area contributed by atoms with Crippen molar-refractivity contribution >= 4 is 17.4 Å². The van der Waals surface area contributed by atoms with Crippen molar-refractivity contribution in [2.75, 3.05) is 18.0 Å². The predicted molar refractivity (Wildman–Crippen MR) is 61.9 cm³/mol. The molecule has 1 fully saturated rings. The fourth-order valence-corrected chi connectivity index (χ4v) is 2.14. The molecule has 0 radical (unpaired) electrons. The predicted octanol–water partition coefficient (Wildman–Crippen LogP) is 0.630. The van der Waals surface area contributed by atoms with Gasteiger partial charge in [0.1, 0.15) is 5.02 Å². The molecule has 2 heterocycles. The Balaban J connectivity index is 2.25. The van der Waals surface area contributed by atoms with Crippen LogP contribution in [0.4, 0.5) is 5.82 Å². The Morgan fingerprint density at radius 2 is 2.44 bits per heavy atom. The van der Waals surface area contributed by atoms with E-state index < -0.39 is 0 Å². The molecular weight excluding hydrogens is 230 g/mol. The largest absolute Gasteiger partial charge is 0.393 e. The zero-order valence-corrected chi connectivity index (χ0v) is 9.74. The number of hydrogen-bond donors (Lipinski definition) is 2. The lowest BCUT2D eigenvalue weighted by molar-refractivity contribution is 0.0969. The lowest BCUT2D eigenvalue weighted by atomic mass is 9.97. The SMILES string of the molecule is CC1CN(c2nc[nH]c(=O)c2Cl)CCC1O. The van der Waals surface area contributed by atoms with Crippen molar-refractivity contribution in [1.82, 2.24) is 9.97 Å². The summed E-state index contributed by atoms with van der Waals surface area (Å²) >= 11 is 5.90. The van der Waals surface area contributed by atoms with Crippen LogP contribution in [0.2, 0.25) is 5.02 Å². The lowest BCUT2D eigenvalue weighted by Gasteiger charge is -2.35. The third kappa shape index (κ3) is 2.05. The fraction of sp³-hybridized carbons (Fsp3) is 0.600. The molecule has 2 N–H and O–H groups in total. The number of H-pyrrole nitrogens is 1. The topological polar surface area (TPSA) is 69.2 Å². The number of nitrogens with one attached hydrogen (secondary N) is 1. The van der Waals surface area contributed by atoms with Crippen molar-refractivity contribution < 1.29 is 5.11 Å². The molecule has 0 amide bonds. The van der Waals surface area contributed by atoms with Crippen LogP contribution in [-0.4, -0.2) is 34.3 Å². The van der Waals surface area contributed by atoms with Crippen LogP contribution in [0, 0.1) is 5.92 Å². The average molecular weight is 244 g/mol. The van der Waals surface area contributed by atoms with Gasteiger partial charge in [-0.3, -0.25) is 4.79 Å². The third-order valence-corrected chi connectivity index (χ3v) is 3.28. The van der Waals surface area contributed by atoms with E-state index in [4.69, 9.17) is 11.6 Å².